The van der Waals surface area contributed by atoms with Crippen molar-refractivity contribution in [1.82, 2.24) is 10.6 Å². The molecule has 0 aliphatic carbocycles. The van der Waals surface area contributed by atoms with Gasteiger partial charge >= 0.3 is 12.0 Å². The number of halogens is 1. The van der Waals surface area contributed by atoms with Gasteiger partial charge in [-0.25, -0.2) is 9.59 Å². The van der Waals surface area contributed by atoms with Crippen LogP contribution in [0.25, 0.3) is 0 Å². The Morgan fingerprint density at radius 1 is 1.12 bits per heavy atom. The highest BCUT2D eigenvalue weighted by Crippen LogP contribution is 2.30. The number of hydrogen-bond donors (Lipinski definition) is 2. The van der Waals surface area contributed by atoms with Crippen molar-refractivity contribution in [2.45, 2.75) is 19.6 Å². The normalized spacial score (nSPS) is 16.9. The van der Waals surface area contributed by atoms with E-state index in [0.29, 0.717) is 11.3 Å². The lowest BCUT2D eigenvalue weighted by atomic mass is 9.95. The first-order valence-corrected chi connectivity index (χ1v) is 8.88. The van der Waals surface area contributed by atoms with Gasteiger partial charge < -0.3 is 15.4 Å². The SMILES string of the molecule is CC1=C(C(=O)OCc2ccccc2)[C@@H](c2ccccc2I)NC(=O)N1. The molecule has 0 radical (unpaired) electrons. The molecular weight excluding hydrogens is 431 g/mol. The van der Waals surface area contributed by atoms with Crippen molar-refractivity contribution in [2.75, 3.05) is 0 Å². The summed E-state index contributed by atoms with van der Waals surface area (Å²) < 4.78 is 6.44. The van der Waals surface area contributed by atoms with Gasteiger partial charge in [0.05, 0.1) is 11.6 Å². The fourth-order valence-electron chi connectivity index (χ4n) is 2.71. The summed E-state index contributed by atoms with van der Waals surface area (Å²) in [5.41, 5.74) is 2.70. The summed E-state index contributed by atoms with van der Waals surface area (Å²) in [4.78, 5) is 24.6. The highest BCUT2D eigenvalue weighted by Gasteiger charge is 2.33. The predicted octanol–water partition coefficient (Wildman–Crippen LogP) is 3.66. The first-order valence-electron chi connectivity index (χ1n) is 7.80. The molecule has 0 aromatic heterocycles. The summed E-state index contributed by atoms with van der Waals surface area (Å²) >= 11 is 2.19. The lowest BCUT2D eigenvalue weighted by Crippen LogP contribution is -2.45. The van der Waals surface area contributed by atoms with Gasteiger partial charge in [0.15, 0.2) is 0 Å². The molecule has 2 N–H and O–H groups in total. The van der Waals surface area contributed by atoms with Gasteiger partial charge in [-0.15, -0.1) is 0 Å². The van der Waals surface area contributed by atoms with Crippen molar-refractivity contribution in [1.29, 1.82) is 0 Å². The number of carbonyl (C=O) groups is 2. The number of amides is 2. The summed E-state index contributed by atoms with van der Waals surface area (Å²) in [5, 5.41) is 5.47. The topological polar surface area (TPSA) is 67.4 Å². The van der Waals surface area contributed by atoms with E-state index >= 15 is 0 Å². The molecule has 0 bridgehead atoms. The Kier molecular flexibility index (Phi) is 5.37. The molecule has 25 heavy (non-hydrogen) atoms. The predicted molar refractivity (Wildman–Crippen MR) is 103 cm³/mol. The van der Waals surface area contributed by atoms with Crippen molar-refractivity contribution < 1.29 is 14.3 Å². The van der Waals surface area contributed by atoms with Gasteiger partial charge in [-0.2, -0.15) is 0 Å². The molecule has 0 saturated carbocycles. The van der Waals surface area contributed by atoms with Crippen molar-refractivity contribution >= 4 is 34.6 Å². The Balaban J connectivity index is 1.87. The second-order valence-corrected chi connectivity index (χ2v) is 6.82. The minimum Gasteiger partial charge on any atom is -0.457 e. The smallest absolute Gasteiger partial charge is 0.338 e. The van der Waals surface area contributed by atoms with E-state index in [2.05, 4.69) is 33.2 Å². The van der Waals surface area contributed by atoms with Gasteiger partial charge in [-0.1, -0.05) is 48.5 Å². The van der Waals surface area contributed by atoms with Gasteiger partial charge in [0.2, 0.25) is 0 Å². The molecule has 0 saturated heterocycles. The van der Waals surface area contributed by atoms with Gasteiger partial charge in [0.25, 0.3) is 0 Å². The zero-order chi connectivity index (χ0) is 17.8. The molecule has 5 nitrogen and oxygen atoms in total. The molecule has 1 aliphatic rings. The summed E-state index contributed by atoms with van der Waals surface area (Å²) in [7, 11) is 0. The quantitative estimate of drug-likeness (QED) is 0.555. The third-order valence-electron chi connectivity index (χ3n) is 3.92. The zero-order valence-corrected chi connectivity index (χ0v) is 15.7. The fraction of sp³-hybridized carbons (Fsp3) is 0.158. The molecule has 2 aromatic rings. The highest BCUT2D eigenvalue weighted by molar-refractivity contribution is 14.1. The Hall–Kier alpha value is -2.35. The summed E-state index contributed by atoms with van der Waals surface area (Å²) in [6.07, 6.45) is 0. The molecule has 2 aromatic carbocycles. The van der Waals surface area contributed by atoms with Gasteiger partial charge in [-0.05, 0) is 46.7 Å². The Labute approximate surface area is 159 Å². The van der Waals surface area contributed by atoms with Gasteiger partial charge in [-0.3, -0.25) is 0 Å². The molecule has 0 fully saturated rings. The fourth-order valence-corrected chi connectivity index (χ4v) is 3.41. The molecule has 0 unspecified atom stereocenters. The van der Waals surface area contributed by atoms with E-state index in [1.165, 1.54) is 0 Å². The van der Waals surface area contributed by atoms with Crippen LogP contribution in [-0.2, 0) is 16.1 Å². The van der Waals surface area contributed by atoms with E-state index in [0.717, 1.165) is 14.7 Å². The molecule has 128 valence electrons. The van der Waals surface area contributed by atoms with Crippen LogP contribution in [-0.4, -0.2) is 12.0 Å². The second-order valence-electron chi connectivity index (χ2n) is 5.65. The van der Waals surface area contributed by atoms with Gasteiger partial charge in [0, 0.05) is 9.27 Å². The Morgan fingerprint density at radius 2 is 1.80 bits per heavy atom. The zero-order valence-electron chi connectivity index (χ0n) is 13.6. The van der Waals surface area contributed by atoms with Crippen LogP contribution < -0.4 is 10.6 Å². The number of rotatable bonds is 4. The third-order valence-corrected chi connectivity index (χ3v) is 4.90. The number of ether oxygens (including phenoxy) is 1. The number of urea groups is 1. The lowest BCUT2D eigenvalue weighted by molar-refractivity contribution is -0.140. The van der Waals surface area contributed by atoms with Gasteiger partial charge in [0.1, 0.15) is 6.61 Å². The first-order chi connectivity index (χ1) is 12.1. The highest BCUT2D eigenvalue weighted by atomic mass is 127. The monoisotopic (exact) mass is 448 g/mol. The average Bonchev–Trinajstić information content (AvgIpc) is 2.60. The third kappa shape index (κ3) is 4.01. The minimum absolute atomic E-state index is 0.184. The Morgan fingerprint density at radius 3 is 2.52 bits per heavy atom. The summed E-state index contributed by atoms with van der Waals surface area (Å²) in [5.74, 6) is -0.446. The number of benzene rings is 2. The maximum Gasteiger partial charge on any atom is 0.338 e. The van der Waals surface area contributed by atoms with Crippen molar-refractivity contribution in [3.8, 4) is 0 Å². The van der Waals surface area contributed by atoms with E-state index in [1.807, 2.05) is 54.6 Å². The van der Waals surface area contributed by atoms with Crippen LogP contribution in [0.5, 0.6) is 0 Å². The molecule has 2 amide bonds. The van der Waals surface area contributed by atoms with Crippen molar-refractivity contribution in [3.05, 3.63) is 80.6 Å². The summed E-state index contributed by atoms with van der Waals surface area (Å²) in [6.45, 7) is 1.89. The number of nitrogens with one attached hydrogen (secondary N) is 2. The molecule has 1 heterocycles. The number of allylic oxidation sites excluding steroid dienone is 1. The van der Waals surface area contributed by atoms with E-state index < -0.39 is 12.0 Å². The molecule has 3 rings (SSSR count). The van der Waals surface area contributed by atoms with Crippen LogP contribution in [0.2, 0.25) is 0 Å². The molecule has 1 aliphatic heterocycles. The largest absolute Gasteiger partial charge is 0.457 e. The van der Waals surface area contributed by atoms with E-state index in [9.17, 15) is 9.59 Å². The summed E-state index contributed by atoms with van der Waals surface area (Å²) in [6, 6.07) is 16.3. The maximum absolute atomic E-state index is 12.7. The van der Waals surface area contributed by atoms with Crippen molar-refractivity contribution in [3.63, 3.8) is 0 Å². The number of esters is 1. The first kappa shape index (κ1) is 17.5. The number of carbonyl (C=O) groups excluding carboxylic acids is 2. The average molecular weight is 448 g/mol. The van der Waals surface area contributed by atoms with E-state index in [-0.39, 0.29) is 12.6 Å². The molecule has 0 spiro atoms. The molecular formula is C19H17IN2O3. The van der Waals surface area contributed by atoms with Crippen LogP contribution in [0.4, 0.5) is 4.79 Å². The van der Waals surface area contributed by atoms with Crippen LogP contribution in [0.3, 0.4) is 0 Å². The van der Waals surface area contributed by atoms with Crippen molar-refractivity contribution in [2.24, 2.45) is 0 Å². The Bertz CT molecular complexity index is 834. The van der Waals surface area contributed by atoms with Crippen LogP contribution >= 0.6 is 22.6 Å². The molecule has 6 heteroatoms. The van der Waals surface area contributed by atoms with Crippen LogP contribution in [0, 0.1) is 3.57 Å². The molecule has 1 atom stereocenters. The second kappa shape index (κ2) is 7.69. The van der Waals surface area contributed by atoms with E-state index in [4.69, 9.17) is 4.74 Å². The standard InChI is InChI=1S/C19H17IN2O3/c1-12-16(18(23)25-11-13-7-3-2-4-8-13)17(22-19(24)21-12)14-9-5-6-10-15(14)20/h2-10,17H,11H2,1H3,(H2,21,22,24)/t17-/m1/s1. The number of hydrogen-bond acceptors (Lipinski definition) is 3. The van der Waals surface area contributed by atoms with Crippen LogP contribution in [0.15, 0.2) is 65.9 Å². The minimum atomic E-state index is -0.537. The van der Waals surface area contributed by atoms with E-state index in [1.54, 1.807) is 6.92 Å². The lowest BCUT2D eigenvalue weighted by Gasteiger charge is -2.28. The maximum atomic E-state index is 12.7. The van der Waals surface area contributed by atoms with Crippen LogP contribution in [0.1, 0.15) is 24.1 Å².